The maximum Gasteiger partial charge on any atom is 0.390 e. The van der Waals surface area contributed by atoms with E-state index in [1.807, 2.05) is 20.8 Å². The van der Waals surface area contributed by atoms with Crippen LogP contribution >= 0.6 is 24.0 Å². The molecule has 0 radical (unpaired) electrons. The number of aliphatic hydroxyl groups excluding tert-OH is 1. The molecule has 0 heterocycles. The number of halogens is 4. The Morgan fingerprint density at radius 3 is 2.20 bits per heavy atom. The molecule has 0 saturated heterocycles. The standard InChI is InChI=1S/C12H24F3N3O.HI/c1-4-11(3,9-19)8-18-10(16-5-2)17-7-6-12(13,14)15;/h19H,4-9H2,1-3H3,(H2,16,17,18);1H. The quantitative estimate of drug-likeness (QED) is 0.343. The predicted octanol–water partition coefficient (Wildman–Crippen LogP) is 2.52. The molecule has 0 saturated carbocycles. The molecule has 122 valence electrons. The van der Waals surface area contributed by atoms with Crippen LogP contribution in [0.1, 0.15) is 33.6 Å². The maximum absolute atomic E-state index is 12.0. The summed E-state index contributed by atoms with van der Waals surface area (Å²) >= 11 is 0. The van der Waals surface area contributed by atoms with E-state index in [9.17, 15) is 18.3 Å². The monoisotopic (exact) mass is 411 g/mol. The van der Waals surface area contributed by atoms with Crippen LogP contribution in [0.2, 0.25) is 0 Å². The van der Waals surface area contributed by atoms with Crippen LogP contribution in [0, 0.1) is 5.41 Å². The number of guanidine groups is 1. The van der Waals surface area contributed by atoms with Crippen LogP contribution in [0.15, 0.2) is 4.99 Å². The van der Waals surface area contributed by atoms with E-state index in [1.165, 1.54) is 0 Å². The van der Waals surface area contributed by atoms with Gasteiger partial charge in [-0.2, -0.15) is 13.2 Å². The minimum absolute atomic E-state index is 0. The number of rotatable bonds is 7. The van der Waals surface area contributed by atoms with Gasteiger partial charge in [0.2, 0.25) is 0 Å². The van der Waals surface area contributed by atoms with Crippen molar-refractivity contribution >= 4 is 29.9 Å². The van der Waals surface area contributed by atoms with Crippen molar-refractivity contribution < 1.29 is 18.3 Å². The summed E-state index contributed by atoms with van der Waals surface area (Å²) in [6.07, 6.45) is -4.33. The van der Waals surface area contributed by atoms with Gasteiger partial charge in [0.25, 0.3) is 0 Å². The zero-order chi connectivity index (χ0) is 14.9. The lowest BCUT2D eigenvalue weighted by atomic mass is 9.89. The Labute approximate surface area is 135 Å². The van der Waals surface area contributed by atoms with Crippen molar-refractivity contribution in [3.05, 3.63) is 0 Å². The van der Waals surface area contributed by atoms with Gasteiger partial charge in [0.05, 0.1) is 19.6 Å². The van der Waals surface area contributed by atoms with Crippen LogP contribution in [0.25, 0.3) is 0 Å². The Hall–Kier alpha value is -0.250. The average molecular weight is 411 g/mol. The first-order chi connectivity index (χ1) is 8.76. The summed E-state index contributed by atoms with van der Waals surface area (Å²) in [6.45, 7) is 6.38. The van der Waals surface area contributed by atoms with Crippen LogP contribution in [-0.4, -0.2) is 43.5 Å². The summed E-state index contributed by atoms with van der Waals surface area (Å²) in [4.78, 5) is 4.21. The molecule has 4 nitrogen and oxygen atoms in total. The molecule has 0 rings (SSSR count). The lowest BCUT2D eigenvalue weighted by Gasteiger charge is -2.23. The van der Waals surface area contributed by atoms with Crippen LogP contribution in [0.3, 0.4) is 0 Å². The molecule has 0 aliphatic heterocycles. The van der Waals surface area contributed by atoms with Gasteiger partial charge in [-0.15, -0.1) is 24.0 Å². The highest BCUT2D eigenvalue weighted by molar-refractivity contribution is 14.0. The van der Waals surface area contributed by atoms with Crippen molar-refractivity contribution in [2.45, 2.75) is 39.8 Å². The van der Waals surface area contributed by atoms with Gasteiger partial charge in [-0.05, 0) is 13.3 Å². The van der Waals surface area contributed by atoms with Gasteiger partial charge in [-0.25, -0.2) is 0 Å². The molecule has 0 aliphatic carbocycles. The second-order valence-corrected chi connectivity index (χ2v) is 4.81. The van der Waals surface area contributed by atoms with E-state index in [2.05, 4.69) is 15.6 Å². The van der Waals surface area contributed by atoms with Gasteiger partial charge in [-0.3, -0.25) is 4.99 Å². The molecule has 0 aromatic carbocycles. The minimum Gasteiger partial charge on any atom is -0.396 e. The summed E-state index contributed by atoms with van der Waals surface area (Å²) in [5, 5.41) is 14.8. The molecular formula is C12H25F3IN3O. The third kappa shape index (κ3) is 10.5. The minimum atomic E-state index is -4.17. The van der Waals surface area contributed by atoms with Gasteiger partial charge >= 0.3 is 6.18 Å². The average Bonchev–Trinajstić information content (AvgIpc) is 2.34. The molecule has 0 aromatic heterocycles. The first-order valence-corrected chi connectivity index (χ1v) is 6.46. The molecule has 0 bridgehead atoms. The number of nitrogens with zero attached hydrogens (tertiary/aromatic N) is 1. The lowest BCUT2D eigenvalue weighted by molar-refractivity contribution is -0.132. The van der Waals surface area contributed by atoms with E-state index in [0.717, 1.165) is 6.42 Å². The first kappa shape index (κ1) is 22.0. The fraction of sp³-hybridized carbons (Fsp3) is 0.917. The van der Waals surface area contributed by atoms with E-state index in [-0.39, 0.29) is 42.5 Å². The van der Waals surface area contributed by atoms with Crippen molar-refractivity contribution in [1.29, 1.82) is 0 Å². The van der Waals surface area contributed by atoms with Gasteiger partial charge in [0.15, 0.2) is 5.96 Å². The second-order valence-electron chi connectivity index (χ2n) is 4.81. The van der Waals surface area contributed by atoms with Crippen molar-refractivity contribution in [2.75, 3.05) is 26.2 Å². The van der Waals surface area contributed by atoms with Gasteiger partial charge in [0, 0.05) is 18.5 Å². The summed E-state index contributed by atoms with van der Waals surface area (Å²) < 4.78 is 36.1. The van der Waals surface area contributed by atoms with E-state index in [4.69, 9.17) is 0 Å². The molecule has 8 heteroatoms. The molecule has 0 aliphatic rings. The zero-order valence-electron chi connectivity index (χ0n) is 12.2. The zero-order valence-corrected chi connectivity index (χ0v) is 14.5. The van der Waals surface area contributed by atoms with Crippen LogP contribution in [0.4, 0.5) is 13.2 Å². The predicted molar refractivity (Wildman–Crippen MR) is 85.6 cm³/mol. The van der Waals surface area contributed by atoms with E-state index >= 15 is 0 Å². The number of hydrogen-bond donors (Lipinski definition) is 3. The highest BCUT2D eigenvalue weighted by Crippen LogP contribution is 2.20. The summed E-state index contributed by atoms with van der Waals surface area (Å²) in [5.41, 5.74) is -0.341. The van der Waals surface area contributed by atoms with Crippen LogP contribution in [-0.2, 0) is 0 Å². The number of aliphatic hydroxyl groups is 1. The number of nitrogens with one attached hydrogen (secondary N) is 2. The molecule has 1 unspecified atom stereocenters. The fourth-order valence-corrected chi connectivity index (χ4v) is 1.21. The normalized spacial score (nSPS) is 15.2. The number of hydrogen-bond acceptors (Lipinski definition) is 2. The topological polar surface area (TPSA) is 56.7 Å². The molecule has 0 spiro atoms. The fourth-order valence-electron chi connectivity index (χ4n) is 1.21. The molecule has 20 heavy (non-hydrogen) atoms. The molecule has 3 N–H and O–H groups in total. The Balaban J connectivity index is 0. The molecule has 0 amide bonds. The summed E-state index contributed by atoms with van der Waals surface area (Å²) in [6, 6.07) is 0. The first-order valence-electron chi connectivity index (χ1n) is 6.46. The van der Waals surface area contributed by atoms with Gasteiger partial charge in [0.1, 0.15) is 0 Å². The van der Waals surface area contributed by atoms with Crippen molar-refractivity contribution in [2.24, 2.45) is 10.4 Å². The van der Waals surface area contributed by atoms with Crippen LogP contribution < -0.4 is 10.6 Å². The van der Waals surface area contributed by atoms with E-state index < -0.39 is 12.6 Å². The second kappa shape index (κ2) is 10.5. The van der Waals surface area contributed by atoms with E-state index in [1.54, 1.807) is 0 Å². The Morgan fingerprint density at radius 1 is 1.20 bits per heavy atom. The van der Waals surface area contributed by atoms with Gasteiger partial charge < -0.3 is 15.7 Å². The Kier molecular flexibility index (Phi) is 11.5. The number of alkyl halides is 3. The van der Waals surface area contributed by atoms with Crippen molar-refractivity contribution in [3.8, 4) is 0 Å². The van der Waals surface area contributed by atoms with Crippen LogP contribution in [0.5, 0.6) is 0 Å². The molecule has 1 atom stereocenters. The lowest BCUT2D eigenvalue weighted by Crippen LogP contribution is -2.40. The Bertz CT molecular complexity index is 282. The van der Waals surface area contributed by atoms with Gasteiger partial charge in [-0.1, -0.05) is 13.8 Å². The summed E-state index contributed by atoms with van der Waals surface area (Å²) in [7, 11) is 0. The smallest absolute Gasteiger partial charge is 0.390 e. The van der Waals surface area contributed by atoms with E-state index in [0.29, 0.717) is 19.0 Å². The Morgan fingerprint density at radius 2 is 1.80 bits per heavy atom. The third-order valence-electron chi connectivity index (χ3n) is 2.90. The molecule has 0 fully saturated rings. The highest BCUT2D eigenvalue weighted by atomic mass is 127. The SMILES string of the molecule is CCNC(=NCC(C)(CC)CO)NCCC(F)(F)F.I. The third-order valence-corrected chi connectivity index (χ3v) is 2.90. The number of aliphatic imine (C=N–C) groups is 1. The maximum atomic E-state index is 12.0. The molecular weight excluding hydrogens is 386 g/mol. The largest absolute Gasteiger partial charge is 0.396 e. The van der Waals surface area contributed by atoms with Crippen molar-refractivity contribution in [3.63, 3.8) is 0 Å². The van der Waals surface area contributed by atoms with Crippen molar-refractivity contribution in [1.82, 2.24) is 10.6 Å². The molecule has 0 aromatic rings. The summed E-state index contributed by atoms with van der Waals surface area (Å²) in [5.74, 6) is 0.347. The highest BCUT2D eigenvalue weighted by Gasteiger charge is 2.26.